The summed E-state index contributed by atoms with van der Waals surface area (Å²) in [6, 6.07) is 0. The summed E-state index contributed by atoms with van der Waals surface area (Å²) in [5.41, 5.74) is -0.288. The molecule has 15 nitrogen and oxygen atoms in total. The van der Waals surface area contributed by atoms with Crippen LogP contribution in [0.5, 0.6) is 0 Å². The number of ether oxygens (including phenoxy) is 13. The van der Waals surface area contributed by atoms with Gasteiger partial charge in [0.25, 0.3) is 0 Å². The molecule has 0 bridgehead atoms. The van der Waals surface area contributed by atoms with Gasteiger partial charge in [-0.1, -0.05) is 133 Å². The number of hydrogen-bond donors (Lipinski definition) is 2. The van der Waals surface area contributed by atoms with Gasteiger partial charge < -0.3 is 71.8 Å². The summed E-state index contributed by atoms with van der Waals surface area (Å²) in [5, 5.41) is 24.4. The van der Waals surface area contributed by atoms with Gasteiger partial charge in [0.15, 0.2) is 0 Å². The number of thioether (sulfide) groups is 1. The van der Waals surface area contributed by atoms with E-state index in [0.29, 0.717) is 72.7 Å². The predicted octanol–water partition coefficient (Wildman–Crippen LogP) is 11.3. The van der Waals surface area contributed by atoms with Gasteiger partial charge in [-0.2, -0.15) is 0 Å². The molecule has 0 aromatic rings. The van der Waals surface area contributed by atoms with E-state index >= 15 is 0 Å². The Hall–Kier alpha value is -0.250. The fourth-order valence-electron chi connectivity index (χ4n) is 8.45. The van der Waals surface area contributed by atoms with E-state index in [1.54, 1.807) is 11.8 Å². The van der Waals surface area contributed by atoms with Crippen molar-refractivity contribution in [3.05, 3.63) is 0 Å². The highest BCUT2D eigenvalue weighted by molar-refractivity contribution is 7.99. The van der Waals surface area contributed by atoms with Crippen molar-refractivity contribution >= 4 is 11.8 Å². The molecule has 16 heteroatoms. The van der Waals surface area contributed by atoms with Crippen LogP contribution in [0.15, 0.2) is 0 Å². The molecular weight excluding hydrogens is 981 g/mol. The third-order valence-electron chi connectivity index (χ3n) is 13.4. The quantitative estimate of drug-likeness (QED) is 0.0553. The lowest BCUT2D eigenvalue weighted by molar-refractivity contribution is -0.259. The molecule has 1 aliphatic heterocycles. The van der Waals surface area contributed by atoms with Crippen LogP contribution in [0.4, 0.5) is 0 Å². The van der Waals surface area contributed by atoms with Gasteiger partial charge in [-0.3, -0.25) is 0 Å². The van der Waals surface area contributed by atoms with Crippen molar-refractivity contribution in [2.45, 2.75) is 276 Å². The van der Waals surface area contributed by atoms with Gasteiger partial charge in [0.05, 0.1) is 33.0 Å². The van der Waals surface area contributed by atoms with E-state index in [-0.39, 0.29) is 38.0 Å². The highest BCUT2D eigenvalue weighted by Crippen LogP contribution is 2.34. The molecule has 2 N–H and O–H groups in total. The summed E-state index contributed by atoms with van der Waals surface area (Å²) in [5.74, 6) is 0. The minimum absolute atomic E-state index is 0.00174. The van der Waals surface area contributed by atoms with Crippen LogP contribution < -0.4 is 0 Å². The first-order chi connectivity index (χ1) is 36.7. The zero-order chi connectivity index (χ0) is 55.2. The fourth-order valence-corrected chi connectivity index (χ4v) is 9.20. The van der Waals surface area contributed by atoms with Crippen molar-refractivity contribution in [2.75, 3.05) is 105 Å². The lowest BCUT2D eigenvalue weighted by atomic mass is 9.98. The first-order valence-corrected chi connectivity index (χ1v) is 31.8. The van der Waals surface area contributed by atoms with Crippen molar-refractivity contribution in [3.63, 3.8) is 0 Å². The van der Waals surface area contributed by atoms with Gasteiger partial charge in [-0.05, 0) is 70.5 Å². The zero-order valence-corrected chi connectivity index (χ0v) is 50.7. The van der Waals surface area contributed by atoms with E-state index in [1.165, 1.54) is 0 Å². The average Bonchev–Trinajstić information content (AvgIpc) is 3.41. The second kappa shape index (κ2) is 50.7. The molecule has 1 saturated heterocycles. The van der Waals surface area contributed by atoms with Crippen molar-refractivity contribution < 1.29 is 71.8 Å². The molecule has 0 saturated carbocycles. The molecule has 0 aromatic heterocycles. The largest absolute Gasteiger partial charge is 0.388 e. The van der Waals surface area contributed by atoms with Crippen LogP contribution >= 0.6 is 11.8 Å². The summed E-state index contributed by atoms with van der Waals surface area (Å²) >= 11 is 1.62. The standard InChI is InChI=1S/C59H118O15S/c1-12-22-32-62-42-47(60)52(67-37-27-17-6)54(68-38-28-18-7)49(65-35-25-15-4)45-72-53(48(61)43-63-33-23-13-2)55(69-39-29-19-8)50(66-36-26-16-5)46-73-56-51(44-64-34-24-14-3)74-59(75-11)58(71-41-31-21-10)57(56)70-40-30-20-9/h47-61H,12-46H2,1-11H3/t47?,48?,49?,50?,51?,52-,53-,54+,55+,56+,57-,58?,59+/m0/s1. The van der Waals surface area contributed by atoms with Crippen molar-refractivity contribution in [1.82, 2.24) is 0 Å². The second-order valence-corrected chi connectivity index (χ2v) is 21.2. The molecule has 0 radical (unpaired) electrons. The Morgan fingerprint density at radius 2 is 0.720 bits per heavy atom. The van der Waals surface area contributed by atoms with Crippen molar-refractivity contribution in [3.8, 4) is 0 Å². The Labute approximate surface area is 463 Å². The Kier molecular flexibility index (Phi) is 49.2. The topological polar surface area (TPSA) is 160 Å². The van der Waals surface area contributed by atoms with Gasteiger partial charge in [0, 0.05) is 66.1 Å². The van der Waals surface area contributed by atoms with Gasteiger partial charge >= 0.3 is 0 Å². The smallest absolute Gasteiger partial charge is 0.132 e. The minimum atomic E-state index is -1.13. The Morgan fingerprint density at radius 1 is 0.360 bits per heavy atom. The van der Waals surface area contributed by atoms with Crippen LogP contribution in [0.2, 0.25) is 0 Å². The fraction of sp³-hybridized carbons (Fsp3) is 1.00. The third kappa shape index (κ3) is 32.1. The molecule has 0 amide bonds. The molecule has 450 valence electrons. The normalized spacial score (nSPS) is 21.5. The maximum atomic E-state index is 12.5. The van der Waals surface area contributed by atoms with Gasteiger partial charge in [-0.25, -0.2) is 0 Å². The predicted molar refractivity (Wildman–Crippen MR) is 303 cm³/mol. The number of hydrogen-bond acceptors (Lipinski definition) is 16. The molecule has 1 fully saturated rings. The Morgan fingerprint density at radius 3 is 1.16 bits per heavy atom. The minimum Gasteiger partial charge on any atom is -0.388 e. The van der Waals surface area contributed by atoms with E-state index in [9.17, 15) is 10.2 Å². The van der Waals surface area contributed by atoms with E-state index < -0.39 is 67.1 Å². The number of rotatable bonds is 56. The second-order valence-electron chi connectivity index (χ2n) is 20.3. The molecule has 0 aliphatic carbocycles. The molecule has 13 atom stereocenters. The Bertz CT molecular complexity index is 1200. The molecule has 75 heavy (non-hydrogen) atoms. The first-order valence-electron chi connectivity index (χ1n) is 30.5. The summed E-state index contributed by atoms with van der Waals surface area (Å²) in [7, 11) is 0. The van der Waals surface area contributed by atoms with E-state index in [2.05, 4.69) is 75.5 Å². The maximum Gasteiger partial charge on any atom is 0.132 e. The van der Waals surface area contributed by atoms with E-state index in [4.69, 9.17) is 61.6 Å². The summed E-state index contributed by atoms with van der Waals surface area (Å²) in [6.45, 7) is 26.8. The molecular formula is C59H118O15S. The van der Waals surface area contributed by atoms with Crippen molar-refractivity contribution in [2.24, 2.45) is 0 Å². The van der Waals surface area contributed by atoms with Gasteiger partial charge in [0.2, 0.25) is 0 Å². The number of unbranched alkanes of at least 4 members (excludes halogenated alkanes) is 10. The van der Waals surface area contributed by atoms with Crippen LogP contribution in [0.3, 0.4) is 0 Å². The SMILES string of the molecule is CCCCOCC1O[C@H](SC)C(OCCCC)[C@@H](OCCCC)[C@@H]1OCC(OCCCC)[C@@H](OCCCC)[C@@H](OCC(OCCCC)[C@@H](OCCCC)[C@@H](OCCCC)C(O)COCCCC)C(O)COCCCC. The molecule has 1 rings (SSSR count). The average molecular weight is 1100 g/mol. The van der Waals surface area contributed by atoms with E-state index in [0.717, 1.165) is 128 Å². The summed E-state index contributed by atoms with van der Waals surface area (Å²) in [6.07, 6.45) is 11.5. The number of aliphatic hydroxyl groups is 2. The summed E-state index contributed by atoms with van der Waals surface area (Å²) in [4.78, 5) is 0. The lowest BCUT2D eigenvalue weighted by Crippen LogP contribution is -2.61. The highest BCUT2D eigenvalue weighted by atomic mass is 32.2. The van der Waals surface area contributed by atoms with E-state index in [1.807, 2.05) is 0 Å². The lowest BCUT2D eigenvalue weighted by Gasteiger charge is -2.46. The van der Waals surface area contributed by atoms with Crippen LogP contribution in [0.1, 0.15) is 198 Å². The van der Waals surface area contributed by atoms with Crippen LogP contribution in [-0.2, 0) is 61.6 Å². The number of aliphatic hydroxyl groups excluding tert-OH is 2. The maximum absolute atomic E-state index is 12.5. The first kappa shape index (κ1) is 72.8. The van der Waals surface area contributed by atoms with Crippen LogP contribution in [-0.4, -0.2) is 194 Å². The van der Waals surface area contributed by atoms with Gasteiger partial charge in [-0.15, -0.1) is 11.8 Å². The third-order valence-corrected chi connectivity index (χ3v) is 14.2. The molecule has 1 aliphatic rings. The van der Waals surface area contributed by atoms with Crippen LogP contribution in [0.25, 0.3) is 0 Å². The molecule has 0 spiro atoms. The van der Waals surface area contributed by atoms with Crippen LogP contribution in [0, 0.1) is 0 Å². The zero-order valence-electron chi connectivity index (χ0n) is 49.9. The van der Waals surface area contributed by atoms with Gasteiger partial charge in [0.1, 0.15) is 78.7 Å². The molecule has 6 unspecified atom stereocenters. The monoisotopic (exact) mass is 1100 g/mol. The molecule has 0 aromatic carbocycles. The highest BCUT2D eigenvalue weighted by Gasteiger charge is 2.49. The Balaban J connectivity index is 4.07. The summed E-state index contributed by atoms with van der Waals surface area (Å²) < 4.78 is 87.1. The van der Waals surface area contributed by atoms with Crippen molar-refractivity contribution in [1.29, 1.82) is 0 Å². The molecule has 1 heterocycles.